The van der Waals surface area contributed by atoms with Gasteiger partial charge in [0.05, 0.1) is 5.69 Å². The third-order valence-corrected chi connectivity index (χ3v) is 4.64. The number of nitrogens with one attached hydrogen (secondary N) is 2. The number of hydrogen-bond donors (Lipinski definition) is 2. The molecule has 1 amide bonds. The Labute approximate surface area is 176 Å². The summed E-state index contributed by atoms with van der Waals surface area (Å²) in [5.74, 6) is 0.831. The molecule has 0 aliphatic carbocycles. The number of anilines is 1. The number of benzene rings is 3. The predicted octanol–water partition coefficient (Wildman–Crippen LogP) is 5.52. The lowest BCUT2D eigenvalue weighted by Gasteiger charge is -2.14. The summed E-state index contributed by atoms with van der Waals surface area (Å²) in [7, 11) is 0. The number of ether oxygens (including phenoxy) is 1. The molecule has 0 radical (unpaired) electrons. The lowest BCUT2D eigenvalue weighted by atomic mass is 10.0. The van der Waals surface area contributed by atoms with Crippen LogP contribution in [0.5, 0.6) is 5.75 Å². The number of rotatable bonds is 6. The number of hydrogen-bond acceptors (Lipinski definition) is 3. The van der Waals surface area contributed by atoms with Crippen molar-refractivity contribution in [3.05, 3.63) is 95.6 Å². The maximum atomic E-state index is 12.5. The van der Waals surface area contributed by atoms with Crippen molar-refractivity contribution in [3.8, 4) is 5.75 Å². The molecule has 0 aromatic heterocycles. The minimum Gasteiger partial charge on any atom is -0.487 e. The lowest BCUT2D eigenvalue weighted by Crippen LogP contribution is -2.34. The number of carbonyl (C=O) groups excluding carboxylic acids is 1. The van der Waals surface area contributed by atoms with E-state index in [9.17, 15) is 4.79 Å². The van der Waals surface area contributed by atoms with Crippen molar-refractivity contribution in [2.24, 2.45) is 0 Å². The van der Waals surface area contributed by atoms with Gasteiger partial charge in [-0.2, -0.15) is 0 Å². The van der Waals surface area contributed by atoms with Crippen LogP contribution in [0.4, 0.5) is 5.69 Å². The van der Waals surface area contributed by atoms with E-state index in [1.165, 1.54) is 5.56 Å². The largest absolute Gasteiger partial charge is 0.487 e. The van der Waals surface area contributed by atoms with Crippen LogP contribution in [0, 0.1) is 0 Å². The number of amides is 1. The summed E-state index contributed by atoms with van der Waals surface area (Å²) >= 11 is 5.32. The fourth-order valence-electron chi connectivity index (χ4n) is 2.78. The van der Waals surface area contributed by atoms with Gasteiger partial charge in [-0.3, -0.25) is 10.1 Å². The van der Waals surface area contributed by atoms with Gasteiger partial charge in [-0.1, -0.05) is 68.4 Å². The highest BCUT2D eigenvalue weighted by atomic mass is 32.1. The molecule has 0 atom stereocenters. The standard InChI is InChI=1S/C24H24N2O2S/c1-17(2)19-12-14-20(15-13-19)23(27)26-24(29)25-21-10-6-7-11-22(21)28-16-18-8-4-3-5-9-18/h3-15,17H,16H2,1-2H3,(H2,25,26,27,29). The normalized spacial score (nSPS) is 10.4. The van der Waals surface area contributed by atoms with Crippen LogP contribution in [0.3, 0.4) is 0 Å². The molecule has 3 rings (SSSR count). The van der Waals surface area contributed by atoms with Gasteiger partial charge in [0.25, 0.3) is 5.91 Å². The van der Waals surface area contributed by atoms with Crippen LogP contribution in [0.15, 0.2) is 78.9 Å². The molecule has 4 nitrogen and oxygen atoms in total. The quantitative estimate of drug-likeness (QED) is 0.532. The molecule has 0 fully saturated rings. The van der Waals surface area contributed by atoms with E-state index in [-0.39, 0.29) is 11.0 Å². The Bertz CT molecular complexity index is 970. The zero-order chi connectivity index (χ0) is 20.6. The van der Waals surface area contributed by atoms with Gasteiger partial charge in [-0.25, -0.2) is 0 Å². The Kier molecular flexibility index (Phi) is 6.98. The summed E-state index contributed by atoms with van der Waals surface area (Å²) in [4.78, 5) is 12.5. The van der Waals surface area contributed by atoms with Gasteiger partial charge in [-0.05, 0) is 53.5 Å². The Hall–Kier alpha value is -3.18. The zero-order valence-electron chi connectivity index (χ0n) is 16.5. The molecule has 29 heavy (non-hydrogen) atoms. The maximum absolute atomic E-state index is 12.5. The molecular formula is C24H24N2O2S. The average molecular weight is 405 g/mol. The second-order valence-electron chi connectivity index (χ2n) is 6.96. The van der Waals surface area contributed by atoms with E-state index >= 15 is 0 Å². The van der Waals surface area contributed by atoms with Crippen LogP contribution < -0.4 is 15.4 Å². The van der Waals surface area contributed by atoms with Crippen LogP contribution in [0.1, 0.15) is 41.3 Å². The van der Waals surface area contributed by atoms with Crippen LogP contribution in [0.25, 0.3) is 0 Å². The van der Waals surface area contributed by atoms with E-state index in [1.54, 1.807) is 0 Å². The number of carbonyl (C=O) groups is 1. The topological polar surface area (TPSA) is 50.4 Å². The molecular weight excluding hydrogens is 380 g/mol. The fraction of sp³-hybridized carbons (Fsp3) is 0.167. The van der Waals surface area contributed by atoms with E-state index in [2.05, 4.69) is 24.5 Å². The van der Waals surface area contributed by atoms with Gasteiger partial charge < -0.3 is 10.1 Å². The van der Waals surface area contributed by atoms with Crippen molar-refractivity contribution in [1.82, 2.24) is 5.32 Å². The van der Waals surface area contributed by atoms with Gasteiger partial charge in [-0.15, -0.1) is 0 Å². The summed E-state index contributed by atoms with van der Waals surface area (Å²) in [6.07, 6.45) is 0. The van der Waals surface area contributed by atoms with E-state index in [4.69, 9.17) is 17.0 Å². The molecule has 3 aromatic rings. The van der Waals surface area contributed by atoms with Gasteiger partial charge in [0.15, 0.2) is 5.11 Å². The lowest BCUT2D eigenvalue weighted by molar-refractivity contribution is 0.0977. The summed E-state index contributed by atoms with van der Waals surface area (Å²) in [6.45, 7) is 4.68. The van der Waals surface area contributed by atoms with Gasteiger partial charge >= 0.3 is 0 Å². The Balaban J connectivity index is 1.61. The predicted molar refractivity (Wildman–Crippen MR) is 121 cm³/mol. The molecule has 0 saturated carbocycles. The molecule has 148 valence electrons. The van der Waals surface area contributed by atoms with Crippen molar-refractivity contribution in [1.29, 1.82) is 0 Å². The maximum Gasteiger partial charge on any atom is 0.257 e. The van der Waals surface area contributed by atoms with Crippen LogP contribution in [0.2, 0.25) is 0 Å². The van der Waals surface area contributed by atoms with Gasteiger partial charge in [0.1, 0.15) is 12.4 Å². The molecule has 0 spiro atoms. The first-order chi connectivity index (χ1) is 14.0. The van der Waals surface area contributed by atoms with Crippen LogP contribution in [-0.4, -0.2) is 11.0 Å². The SMILES string of the molecule is CC(C)c1ccc(C(=O)NC(=S)Nc2ccccc2OCc2ccccc2)cc1. The third-order valence-electron chi connectivity index (χ3n) is 4.44. The van der Waals surface area contributed by atoms with Crippen LogP contribution in [-0.2, 0) is 6.61 Å². The molecule has 3 aromatic carbocycles. The zero-order valence-corrected chi connectivity index (χ0v) is 17.3. The first kappa shape index (κ1) is 20.6. The number of para-hydroxylation sites is 2. The van der Waals surface area contributed by atoms with Gasteiger partial charge in [0, 0.05) is 5.56 Å². The summed E-state index contributed by atoms with van der Waals surface area (Å²) in [6, 6.07) is 25.0. The van der Waals surface area contributed by atoms with Crippen molar-refractivity contribution < 1.29 is 9.53 Å². The Morgan fingerprint density at radius 2 is 1.59 bits per heavy atom. The van der Waals surface area contributed by atoms with E-state index in [1.807, 2.05) is 78.9 Å². The van der Waals surface area contributed by atoms with Crippen molar-refractivity contribution in [2.75, 3.05) is 5.32 Å². The minimum atomic E-state index is -0.250. The van der Waals surface area contributed by atoms with E-state index in [0.717, 1.165) is 5.56 Å². The molecule has 0 saturated heterocycles. The number of thiocarbonyl (C=S) groups is 1. The van der Waals surface area contributed by atoms with Crippen LogP contribution >= 0.6 is 12.2 Å². The summed E-state index contributed by atoms with van der Waals surface area (Å²) < 4.78 is 5.91. The van der Waals surface area contributed by atoms with E-state index in [0.29, 0.717) is 29.5 Å². The second-order valence-corrected chi connectivity index (χ2v) is 7.36. The minimum absolute atomic E-state index is 0.221. The smallest absolute Gasteiger partial charge is 0.257 e. The highest BCUT2D eigenvalue weighted by Gasteiger charge is 2.11. The van der Waals surface area contributed by atoms with Crippen molar-refractivity contribution >= 4 is 28.9 Å². The van der Waals surface area contributed by atoms with Crippen molar-refractivity contribution in [2.45, 2.75) is 26.4 Å². The molecule has 0 aliphatic heterocycles. The molecule has 0 bridgehead atoms. The molecule has 0 unspecified atom stereocenters. The van der Waals surface area contributed by atoms with Gasteiger partial charge in [0.2, 0.25) is 0 Å². The van der Waals surface area contributed by atoms with Crippen molar-refractivity contribution in [3.63, 3.8) is 0 Å². The van der Waals surface area contributed by atoms with E-state index < -0.39 is 0 Å². The average Bonchev–Trinajstić information content (AvgIpc) is 2.74. The Morgan fingerprint density at radius 1 is 0.931 bits per heavy atom. The third kappa shape index (κ3) is 5.90. The highest BCUT2D eigenvalue weighted by molar-refractivity contribution is 7.80. The molecule has 0 heterocycles. The monoisotopic (exact) mass is 404 g/mol. The highest BCUT2D eigenvalue weighted by Crippen LogP contribution is 2.24. The summed E-state index contributed by atoms with van der Waals surface area (Å²) in [5.41, 5.74) is 3.52. The molecule has 0 aliphatic rings. The molecule has 5 heteroatoms. The Morgan fingerprint density at radius 3 is 2.28 bits per heavy atom. The molecule has 2 N–H and O–H groups in total. The first-order valence-corrected chi connectivity index (χ1v) is 9.92. The fourth-order valence-corrected chi connectivity index (χ4v) is 2.98. The second kappa shape index (κ2) is 9.85. The first-order valence-electron chi connectivity index (χ1n) is 9.51. The summed E-state index contributed by atoms with van der Waals surface area (Å²) in [5, 5.41) is 5.99.